The first-order valence-electron chi connectivity index (χ1n) is 6.68. The summed E-state index contributed by atoms with van der Waals surface area (Å²) in [6.07, 6.45) is 2.03. The van der Waals surface area contributed by atoms with Crippen LogP contribution >= 0.6 is 0 Å². The number of fused-ring (bicyclic) bond motifs is 1. The van der Waals surface area contributed by atoms with Crippen LogP contribution in [0.5, 0.6) is 0 Å². The van der Waals surface area contributed by atoms with Gasteiger partial charge in [-0.3, -0.25) is 9.59 Å². The van der Waals surface area contributed by atoms with E-state index in [-0.39, 0.29) is 35.3 Å². The molecular formula is C15H20O4. The van der Waals surface area contributed by atoms with E-state index in [1.807, 2.05) is 13.0 Å². The molecule has 0 unspecified atom stereocenters. The van der Waals surface area contributed by atoms with Gasteiger partial charge in [-0.25, -0.2) is 0 Å². The lowest BCUT2D eigenvalue weighted by molar-refractivity contribution is -0.142. The van der Waals surface area contributed by atoms with E-state index in [1.54, 1.807) is 6.92 Å². The molecule has 4 heteroatoms. The first kappa shape index (κ1) is 14.0. The normalized spacial score (nSPS) is 39.3. The second kappa shape index (κ2) is 5.29. The van der Waals surface area contributed by atoms with E-state index in [0.29, 0.717) is 19.3 Å². The second-order valence-corrected chi connectivity index (χ2v) is 5.57. The molecule has 104 valence electrons. The van der Waals surface area contributed by atoms with Crippen LogP contribution in [0.25, 0.3) is 0 Å². The Kier molecular flexibility index (Phi) is 3.90. The third kappa shape index (κ3) is 2.78. The summed E-state index contributed by atoms with van der Waals surface area (Å²) < 4.78 is 5.35. The van der Waals surface area contributed by atoms with Gasteiger partial charge >= 0.3 is 5.97 Å². The number of allylic oxidation sites excluding steroid dienone is 1. The Morgan fingerprint density at radius 1 is 1.37 bits per heavy atom. The van der Waals surface area contributed by atoms with Gasteiger partial charge in [0.25, 0.3) is 0 Å². The van der Waals surface area contributed by atoms with E-state index in [1.165, 1.54) is 0 Å². The number of carbonyl (C=O) groups is 2. The first-order valence-corrected chi connectivity index (χ1v) is 6.68. The van der Waals surface area contributed by atoms with Crippen LogP contribution in [0.4, 0.5) is 0 Å². The number of hydrogen-bond acceptors (Lipinski definition) is 4. The van der Waals surface area contributed by atoms with Crippen LogP contribution in [0.2, 0.25) is 0 Å². The zero-order valence-electron chi connectivity index (χ0n) is 11.4. The van der Waals surface area contributed by atoms with Crippen LogP contribution in [0.3, 0.4) is 0 Å². The van der Waals surface area contributed by atoms with Crippen LogP contribution in [0.15, 0.2) is 23.8 Å². The smallest absolute Gasteiger partial charge is 0.309 e. The summed E-state index contributed by atoms with van der Waals surface area (Å²) in [7, 11) is 0. The summed E-state index contributed by atoms with van der Waals surface area (Å²) in [5, 5.41) is 10.1. The van der Waals surface area contributed by atoms with Crippen LogP contribution in [-0.4, -0.2) is 29.1 Å². The van der Waals surface area contributed by atoms with E-state index >= 15 is 0 Å². The van der Waals surface area contributed by atoms with Crippen molar-refractivity contribution in [3.8, 4) is 0 Å². The molecule has 19 heavy (non-hydrogen) atoms. The van der Waals surface area contributed by atoms with Crippen LogP contribution in [0.1, 0.15) is 33.1 Å². The minimum atomic E-state index is -0.885. The van der Waals surface area contributed by atoms with E-state index in [4.69, 9.17) is 4.74 Å². The SMILES string of the molecule is C=C1C(=O)CC/C(C)=C/[C@@H]2OC(=O)[C@H](C)[C@H]2C[C@H]1O. The molecule has 1 saturated heterocycles. The molecule has 1 fully saturated rings. The lowest BCUT2D eigenvalue weighted by Gasteiger charge is -2.23. The minimum absolute atomic E-state index is 0.0971. The van der Waals surface area contributed by atoms with Gasteiger partial charge in [-0.15, -0.1) is 0 Å². The predicted molar refractivity (Wildman–Crippen MR) is 70.3 cm³/mol. The number of aliphatic hydroxyl groups is 1. The Labute approximate surface area is 113 Å². The maximum atomic E-state index is 11.8. The molecule has 4 nitrogen and oxygen atoms in total. The number of aliphatic hydroxyl groups excluding tert-OH is 1. The van der Waals surface area contributed by atoms with Crippen molar-refractivity contribution in [3.63, 3.8) is 0 Å². The first-order chi connectivity index (χ1) is 8.90. The molecule has 0 spiro atoms. The van der Waals surface area contributed by atoms with Gasteiger partial charge in [-0.2, -0.15) is 0 Å². The van der Waals surface area contributed by atoms with Crippen molar-refractivity contribution >= 4 is 11.8 Å². The highest BCUT2D eigenvalue weighted by atomic mass is 16.6. The summed E-state index contributed by atoms with van der Waals surface area (Å²) in [4.78, 5) is 23.5. The Hall–Kier alpha value is -1.42. The summed E-state index contributed by atoms with van der Waals surface area (Å²) in [5.74, 6) is -0.690. The molecule has 2 aliphatic rings. The molecule has 2 rings (SSSR count). The van der Waals surface area contributed by atoms with Gasteiger partial charge in [-0.1, -0.05) is 19.1 Å². The largest absolute Gasteiger partial charge is 0.458 e. The number of Topliss-reactive ketones (excluding diaryl/α,β-unsaturated/α-hetero) is 1. The molecule has 0 bridgehead atoms. The number of ketones is 1. The van der Waals surface area contributed by atoms with Crippen molar-refractivity contribution in [2.75, 3.05) is 0 Å². The summed E-state index contributed by atoms with van der Waals surface area (Å²) in [6, 6.07) is 0. The number of hydrogen-bond donors (Lipinski definition) is 1. The molecule has 0 saturated carbocycles. The van der Waals surface area contributed by atoms with Gasteiger partial charge in [0.15, 0.2) is 5.78 Å². The maximum Gasteiger partial charge on any atom is 0.309 e. The fraction of sp³-hybridized carbons (Fsp3) is 0.600. The fourth-order valence-electron chi connectivity index (χ4n) is 2.70. The Bertz CT molecular complexity index is 449. The molecule has 0 radical (unpaired) electrons. The van der Waals surface area contributed by atoms with Crippen molar-refractivity contribution < 1.29 is 19.4 Å². The minimum Gasteiger partial charge on any atom is -0.458 e. The highest BCUT2D eigenvalue weighted by Gasteiger charge is 2.42. The third-order valence-corrected chi connectivity index (χ3v) is 4.14. The fourth-order valence-corrected chi connectivity index (χ4v) is 2.70. The summed E-state index contributed by atoms with van der Waals surface area (Å²) in [6.45, 7) is 7.43. The quantitative estimate of drug-likeness (QED) is 0.411. The molecule has 1 aliphatic carbocycles. The Morgan fingerprint density at radius 3 is 2.74 bits per heavy atom. The summed E-state index contributed by atoms with van der Waals surface area (Å²) >= 11 is 0. The third-order valence-electron chi connectivity index (χ3n) is 4.14. The maximum absolute atomic E-state index is 11.8. The van der Waals surface area contributed by atoms with Crippen molar-refractivity contribution in [2.45, 2.75) is 45.3 Å². The van der Waals surface area contributed by atoms with Crippen LogP contribution in [-0.2, 0) is 14.3 Å². The average Bonchev–Trinajstić information content (AvgIpc) is 2.62. The highest BCUT2D eigenvalue weighted by molar-refractivity contribution is 5.95. The Morgan fingerprint density at radius 2 is 2.05 bits per heavy atom. The molecule has 0 amide bonds. The number of esters is 1. The van der Waals surface area contributed by atoms with E-state index in [9.17, 15) is 14.7 Å². The lowest BCUT2D eigenvalue weighted by Crippen LogP contribution is -2.28. The van der Waals surface area contributed by atoms with Gasteiger partial charge < -0.3 is 9.84 Å². The van der Waals surface area contributed by atoms with Gasteiger partial charge in [0, 0.05) is 17.9 Å². The van der Waals surface area contributed by atoms with Crippen LogP contribution in [0, 0.1) is 11.8 Å². The molecule has 0 aromatic rings. The average molecular weight is 264 g/mol. The van der Waals surface area contributed by atoms with E-state index in [2.05, 4.69) is 6.58 Å². The lowest BCUT2D eigenvalue weighted by atomic mass is 9.82. The topological polar surface area (TPSA) is 63.6 Å². The number of carbonyl (C=O) groups excluding carboxylic acids is 2. The standard InChI is InChI=1S/C15H20O4/c1-8-4-5-12(16)10(3)13(17)7-11-9(2)15(18)19-14(11)6-8/h6,9,11,13-14,17H,3-5,7H2,1-2H3/b8-6+/t9-,11-,13-,14+/m1/s1. The van der Waals surface area contributed by atoms with Gasteiger partial charge in [0.2, 0.25) is 0 Å². The van der Waals surface area contributed by atoms with E-state index < -0.39 is 6.10 Å². The molecule has 1 aliphatic heterocycles. The number of ether oxygens (including phenoxy) is 1. The van der Waals surface area contributed by atoms with Gasteiger partial charge in [0.05, 0.1) is 12.0 Å². The molecule has 1 N–H and O–H groups in total. The monoisotopic (exact) mass is 264 g/mol. The molecule has 0 aromatic heterocycles. The molecule has 0 aromatic carbocycles. The zero-order chi connectivity index (χ0) is 14.2. The molecule has 1 heterocycles. The number of rotatable bonds is 0. The van der Waals surface area contributed by atoms with Crippen molar-refractivity contribution in [2.24, 2.45) is 11.8 Å². The zero-order valence-corrected chi connectivity index (χ0v) is 11.4. The van der Waals surface area contributed by atoms with Crippen molar-refractivity contribution in [1.82, 2.24) is 0 Å². The van der Waals surface area contributed by atoms with Gasteiger partial charge in [0.1, 0.15) is 6.10 Å². The predicted octanol–water partition coefficient (Wildman–Crippen LogP) is 1.78. The highest BCUT2D eigenvalue weighted by Crippen LogP contribution is 2.35. The molecular weight excluding hydrogens is 244 g/mol. The van der Waals surface area contributed by atoms with E-state index in [0.717, 1.165) is 5.57 Å². The van der Waals surface area contributed by atoms with Crippen molar-refractivity contribution in [3.05, 3.63) is 23.8 Å². The van der Waals surface area contributed by atoms with Crippen molar-refractivity contribution in [1.29, 1.82) is 0 Å². The van der Waals surface area contributed by atoms with Gasteiger partial charge in [-0.05, 0) is 25.8 Å². The van der Waals surface area contributed by atoms with Crippen LogP contribution < -0.4 is 0 Å². The Balaban J connectivity index is 2.30. The second-order valence-electron chi connectivity index (χ2n) is 5.57. The molecule has 4 atom stereocenters. The summed E-state index contributed by atoms with van der Waals surface area (Å²) in [5.41, 5.74) is 1.29.